The number of phosphoric acid groups is 1. The molecule has 2 bridgehead atoms. The van der Waals surface area contributed by atoms with Crippen molar-refractivity contribution in [1.82, 2.24) is 0 Å². The molecule has 2 fully saturated rings. The molecule has 16 heavy (non-hydrogen) atoms. The molecule has 94 valence electrons. The van der Waals surface area contributed by atoms with Gasteiger partial charge in [-0.25, -0.2) is 4.57 Å². The quantitative estimate of drug-likeness (QED) is 0.577. The fourth-order valence-electron chi connectivity index (χ4n) is 2.35. The molecule has 0 aromatic carbocycles. The second-order valence-corrected chi connectivity index (χ2v) is 5.34. The van der Waals surface area contributed by atoms with Crippen molar-refractivity contribution in [2.75, 3.05) is 13.2 Å². The Hall–Kier alpha value is -0.0100. The highest BCUT2D eigenvalue weighted by Crippen LogP contribution is 2.48. The van der Waals surface area contributed by atoms with Crippen LogP contribution in [0.25, 0.3) is 0 Å². The second kappa shape index (κ2) is 4.03. The van der Waals surface area contributed by atoms with Crippen LogP contribution in [0, 0.1) is 0 Å². The van der Waals surface area contributed by atoms with E-state index in [4.69, 9.17) is 19.3 Å². The fraction of sp³-hybridized carbons (Fsp3) is 1.00. The normalized spacial score (nSPS) is 43.6. The number of hydrogen-bond acceptors (Lipinski definition) is 5. The highest BCUT2D eigenvalue weighted by atomic mass is 31.2. The summed E-state index contributed by atoms with van der Waals surface area (Å²) in [4.78, 5) is 17.7. The summed E-state index contributed by atoms with van der Waals surface area (Å²) in [6.07, 6.45) is -1.48. The van der Waals surface area contributed by atoms with E-state index in [1.807, 2.05) is 0 Å². The van der Waals surface area contributed by atoms with Crippen LogP contribution in [0.1, 0.15) is 13.3 Å². The van der Waals surface area contributed by atoms with Crippen LogP contribution >= 0.6 is 7.82 Å². The van der Waals surface area contributed by atoms with Crippen LogP contribution in [0.5, 0.6) is 0 Å². The molecule has 0 saturated carbocycles. The van der Waals surface area contributed by atoms with Crippen molar-refractivity contribution in [2.24, 2.45) is 0 Å². The lowest BCUT2D eigenvalue weighted by Gasteiger charge is -2.37. The summed E-state index contributed by atoms with van der Waals surface area (Å²) in [6.45, 7) is 1.77. The first-order valence-electron chi connectivity index (χ1n) is 5.02. The summed E-state index contributed by atoms with van der Waals surface area (Å²) in [5.41, 5.74) is -1.05. The maximum absolute atomic E-state index is 10.9. The van der Waals surface area contributed by atoms with E-state index in [0.717, 1.165) is 0 Å². The Morgan fingerprint density at radius 3 is 2.81 bits per heavy atom. The average Bonchev–Trinajstić information content (AvgIpc) is 2.33. The zero-order chi connectivity index (χ0) is 12.0. The second-order valence-electron chi connectivity index (χ2n) is 4.15. The molecule has 1 unspecified atom stereocenters. The van der Waals surface area contributed by atoms with Crippen LogP contribution in [0.3, 0.4) is 0 Å². The maximum Gasteiger partial charge on any atom is 0.470 e. The van der Waals surface area contributed by atoms with Crippen LogP contribution in [0.4, 0.5) is 0 Å². The Labute approximate surface area is 92.6 Å². The zero-order valence-electron chi connectivity index (χ0n) is 8.78. The number of aliphatic hydroxyl groups excluding tert-OH is 1. The van der Waals surface area contributed by atoms with Gasteiger partial charge in [0, 0.05) is 6.42 Å². The molecule has 0 aromatic heterocycles. The van der Waals surface area contributed by atoms with Crippen LogP contribution in [0.2, 0.25) is 0 Å². The Morgan fingerprint density at radius 2 is 2.25 bits per heavy atom. The van der Waals surface area contributed by atoms with Gasteiger partial charge in [0.05, 0.1) is 19.3 Å². The van der Waals surface area contributed by atoms with Gasteiger partial charge in [-0.05, 0) is 6.92 Å². The third kappa shape index (κ3) is 2.04. The summed E-state index contributed by atoms with van der Waals surface area (Å²) >= 11 is 0. The molecule has 0 aliphatic carbocycles. The van der Waals surface area contributed by atoms with Crippen molar-refractivity contribution in [3.63, 3.8) is 0 Å². The largest absolute Gasteiger partial charge is 0.470 e. The number of hydrogen-bond donors (Lipinski definition) is 3. The number of rotatable bonds is 3. The summed E-state index contributed by atoms with van der Waals surface area (Å²) in [7, 11) is -4.62. The number of fused-ring (bicyclic) bond motifs is 2. The third-order valence-electron chi connectivity index (χ3n) is 3.05. The summed E-state index contributed by atoms with van der Waals surface area (Å²) in [5, 5.41) is 9.34. The highest BCUT2D eigenvalue weighted by Gasteiger charge is 2.59. The molecule has 2 rings (SSSR count). The van der Waals surface area contributed by atoms with Crippen molar-refractivity contribution in [2.45, 2.75) is 37.3 Å². The van der Waals surface area contributed by atoms with Gasteiger partial charge in [0.15, 0.2) is 0 Å². The van der Waals surface area contributed by atoms with Gasteiger partial charge in [-0.2, -0.15) is 0 Å². The Bertz CT molecular complexity index is 316. The molecular formula is C8H15O7P. The lowest BCUT2D eigenvalue weighted by Crippen LogP contribution is -2.52. The summed E-state index contributed by atoms with van der Waals surface area (Å²) in [6, 6.07) is 0. The first-order chi connectivity index (χ1) is 7.38. The molecule has 2 aliphatic heterocycles. The van der Waals surface area contributed by atoms with E-state index in [-0.39, 0.29) is 12.7 Å². The molecule has 2 heterocycles. The standard InChI is InChI=1S/C8H15O7P/c1-5-6-7(15-16(10,11)12)8(4-9,14-5)2-3-13-6/h5-7,9H,2-4H2,1H3,(H2,10,11,12)/t5-,6+,7?,8+/m0/s1. The van der Waals surface area contributed by atoms with Crippen LogP contribution in [0.15, 0.2) is 0 Å². The minimum atomic E-state index is -4.62. The predicted molar refractivity (Wildman–Crippen MR) is 51.6 cm³/mol. The Balaban J connectivity index is 2.24. The smallest absolute Gasteiger partial charge is 0.393 e. The van der Waals surface area contributed by atoms with Crippen molar-refractivity contribution in [1.29, 1.82) is 0 Å². The molecule has 0 radical (unpaired) electrons. The molecule has 0 aromatic rings. The molecule has 2 saturated heterocycles. The van der Waals surface area contributed by atoms with Gasteiger partial charge in [0.25, 0.3) is 0 Å². The lowest BCUT2D eigenvalue weighted by atomic mass is 9.90. The van der Waals surface area contributed by atoms with E-state index < -0.39 is 25.6 Å². The molecule has 4 atom stereocenters. The first-order valence-corrected chi connectivity index (χ1v) is 6.55. The Kier molecular flexibility index (Phi) is 3.13. The minimum Gasteiger partial charge on any atom is -0.393 e. The van der Waals surface area contributed by atoms with E-state index >= 15 is 0 Å². The molecule has 2 aliphatic rings. The van der Waals surface area contributed by atoms with Crippen molar-refractivity contribution in [3.05, 3.63) is 0 Å². The van der Waals surface area contributed by atoms with Crippen LogP contribution < -0.4 is 0 Å². The van der Waals surface area contributed by atoms with Gasteiger partial charge in [0.2, 0.25) is 0 Å². The minimum absolute atomic E-state index is 0.345. The molecule has 8 heteroatoms. The summed E-state index contributed by atoms with van der Waals surface area (Å²) in [5.74, 6) is 0. The van der Waals surface area contributed by atoms with Gasteiger partial charge < -0.3 is 24.4 Å². The van der Waals surface area contributed by atoms with E-state index in [0.29, 0.717) is 13.0 Å². The van der Waals surface area contributed by atoms with E-state index in [2.05, 4.69) is 4.52 Å². The highest BCUT2D eigenvalue weighted by molar-refractivity contribution is 7.46. The molecular weight excluding hydrogens is 239 g/mol. The van der Waals surface area contributed by atoms with Crippen LogP contribution in [-0.4, -0.2) is 52.0 Å². The van der Waals surface area contributed by atoms with Crippen molar-refractivity contribution < 1.29 is 33.5 Å². The first kappa shape index (κ1) is 12.4. The maximum atomic E-state index is 10.9. The Morgan fingerprint density at radius 1 is 1.56 bits per heavy atom. The van der Waals surface area contributed by atoms with E-state index in [1.165, 1.54) is 0 Å². The molecule has 0 amide bonds. The molecule has 7 nitrogen and oxygen atoms in total. The van der Waals surface area contributed by atoms with Gasteiger partial charge in [-0.3, -0.25) is 4.52 Å². The lowest BCUT2D eigenvalue weighted by molar-refractivity contribution is -0.135. The average molecular weight is 254 g/mol. The van der Waals surface area contributed by atoms with Gasteiger partial charge >= 0.3 is 7.82 Å². The van der Waals surface area contributed by atoms with Crippen LogP contribution in [-0.2, 0) is 18.6 Å². The SMILES string of the molecule is C[C@@H]1O[C@@]2(CO)CCO[C@H]1C2OP(=O)(O)O. The topological polar surface area (TPSA) is 105 Å². The summed E-state index contributed by atoms with van der Waals surface area (Å²) < 4.78 is 26.4. The third-order valence-corrected chi connectivity index (χ3v) is 3.56. The number of ether oxygens (including phenoxy) is 2. The number of aliphatic hydroxyl groups is 1. The zero-order valence-corrected chi connectivity index (χ0v) is 9.67. The van der Waals surface area contributed by atoms with Crippen molar-refractivity contribution >= 4 is 7.82 Å². The molecule has 3 N–H and O–H groups in total. The monoisotopic (exact) mass is 254 g/mol. The fourth-order valence-corrected chi connectivity index (χ4v) is 2.96. The van der Waals surface area contributed by atoms with E-state index in [1.54, 1.807) is 6.92 Å². The van der Waals surface area contributed by atoms with Crippen molar-refractivity contribution in [3.8, 4) is 0 Å². The van der Waals surface area contributed by atoms with Gasteiger partial charge in [0.1, 0.15) is 17.8 Å². The number of phosphoric ester groups is 1. The van der Waals surface area contributed by atoms with Gasteiger partial charge in [-0.15, -0.1) is 0 Å². The predicted octanol–water partition coefficient (Wildman–Crippen LogP) is -0.597. The van der Waals surface area contributed by atoms with Gasteiger partial charge in [-0.1, -0.05) is 0 Å². The molecule has 0 spiro atoms. The van der Waals surface area contributed by atoms with E-state index in [9.17, 15) is 9.67 Å².